The lowest BCUT2D eigenvalue weighted by Crippen LogP contribution is -2.49. The smallest absolute Gasteiger partial charge is 0.322 e. The van der Waals surface area contributed by atoms with Crippen molar-refractivity contribution in [1.29, 1.82) is 0 Å². The van der Waals surface area contributed by atoms with Crippen molar-refractivity contribution in [2.24, 2.45) is 0 Å². The van der Waals surface area contributed by atoms with Gasteiger partial charge in [0.25, 0.3) is 5.91 Å². The molecule has 0 radical (unpaired) electrons. The Morgan fingerprint density at radius 2 is 1.82 bits per heavy atom. The summed E-state index contributed by atoms with van der Waals surface area (Å²) in [6.45, 7) is 4.13. The number of hydrogen-bond acceptors (Lipinski definition) is 6. The molecule has 0 spiro atoms. The molecule has 0 bridgehead atoms. The van der Waals surface area contributed by atoms with Gasteiger partial charge in [-0.3, -0.25) is 4.79 Å². The van der Waals surface area contributed by atoms with Crippen LogP contribution in [0, 0.1) is 11.6 Å². The standard InChI is InChI=1S/C29H30F2N6O3/c1-17-15-37(26-13-23(31)22(30)12-21(17)26)28(38)25-14-27(33-16-32-25)35-8-6-19(7-9-35)36-10-5-18-11-20(40-2)3-4-24(18)34-29(36)39/h3-4,11-14,16-17,19H,5-10,15H2,1-2H3,(H,34,39). The van der Waals surface area contributed by atoms with Crippen LogP contribution in [0.1, 0.15) is 47.3 Å². The molecule has 9 nitrogen and oxygen atoms in total. The third kappa shape index (κ3) is 4.69. The van der Waals surface area contributed by atoms with Crippen molar-refractivity contribution in [2.75, 3.05) is 48.4 Å². The van der Waals surface area contributed by atoms with Crippen molar-refractivity contribution in [3.05, 3.63) is 71.2 Å². The topological polar surface area (TPSA) is 90.9 Å². The summed E-state index contributed by atoms with van der Waals surface area (Å²) in [7, 11) is 1.63. The number of anilines is 3. The molecule has 40 heavy (non-hydrogen) atoms. The molecule has 208 valence electrons. The molecule has 4 heterocycles. The molecule has 3 aliphatic heterocycles. The first-order valence-electron chi connectivity index (χ1n) is 13.4. The lowest BCUT2D eigenvalue weighted by Gasteiger charge is -2.38. The third-order valence-electron chi connectivity index (χ3n) is 8.13. The second-order valence-electron chi connectivity index (χ2n) is 10.5. The molecular formula is C29H30F2N6O3. The highest BCUT2D eigenvalue weighted by Gasteiger charge is 2.34. The van der Waals surface area contributed by atoms with Crippen molar-refractivity contribution in [3.63, 3.8) is 0 Å². The molecule has 3 amide bonds. The Bertz CT molecular complexity index is 1480. The number of amides is 3. The van der Waals surface area contributed by atoms with Crippen molar-refractivity contribution < 1.29 is 23.1 Å². The predicted molar refractivity (Wildman–Crippen MR) is 146 cm³/mol. The van der Waals surface area contributed by atoms with Gasteiger partial charge in [-0.25, -0.2) is 23.5 Å². The molecule has 0 saturated carbocycles. The van der Waals surface area contributed by atoms with Crippen LogP contribution < -0.4 is 19.9 Å². The Balaban J connectivity index is 1.12. The number of rotatable bonds is 4. The van der Waals surface area contributed by atoms with Crippen molar-refractivity contribution >= 4 is 29.1 Å². The minimum Gasteiger partial charge on any atom is -0.497 e. The van der Waals surface area contributed by atoms with Gasteiger partial charge in [0, 0.05) is 56.0 Å². The molecule has 3 aromatic rings. The molecule has 11 heteroatoms. The molecule has 1 atom stereocenters. The van der Waals surface area contributed by atoms with Gasteiger partial charge < -0.3 is 24.8 Å². The number of piperidine rings is 1. The fourth-order valence-electron chi connectivity index (χ4n) is 5.93. The average Bonchev–Trinajstić information content (AvgIpc) is 3.18. The molecule has 2 aromatic carbocycles. The summed E-state index contributed by atoms with van der Waals surface area (Å²) in [5, 5.41) is 3.04. The number of halogens is 2. The minimum absolute atomic E-state index is 0.0771. The fraction of sp³-hybridized carbons (Fsp3) is 0.379. The van der Waals surface area contributed by atoms with Gasteiger partial charge in [-0.15, -0.1) is 0 Å². The SMILES string of the molecule is COc1ccc2c(c1)CCN(C1CCN(c3cc(C(=O)N4CC(C)c5cc(F)c(F)cc54)ncn3)CC1)C(=O)N2. The number of methoxy groups -OCH3 is 1. The van der Waals surface area contributed by atoms with E-state index in [9.17, 15) is 18.4 Å². The number of urea groups is 1. The zero-order valence-electron chi connectivity index (χ0n) is 22.4. The highest BCUT2D eigenvalue weighted by Crippen LogP contribution is 2.38. The van der Waals surface area contributed by atoms with Crippen LogP contribution in [0.25, 0.3) is 0 Å². The molecule has 6 rings (SSSR count). The number of ether oxygens (including phenoxy) is 1. The summed E-state index contributed by atoms with van der Waals surface area (Å²) in [5.74, 6) is -1.03. The monoisotopic (exact) mass is 548 g/mol. The van der Waals surface area contributed by atoms with Gasteiger partial charge in [-0.05, 0) is 54.7 Å². The Morgan fingerprint density at radius 1 is 1.05 bits per heavy atom. The number of hydrogen-bond donors (Lipinski definition) is 1. The van der Waals surface area contributed by atoms with E-state index in [4.69, 9.17) is 4.74 Å². The number of nitrogens with one attached hydrogen (secondary N) is 1. The maximum absolute atomic E-state index is 14.0. The molecule has 1 fully saturated rings. The summed E-state index contributed by atoms with van der Waals surface area (Å²) >= 11 is 0. The number of nitrogens with zero attached hydrogens (tertiary/aromatic N) is 5. The van der Waals surface area contributed by atoms with Crippen molar-refractivity contribution in [2.45, 2.75) is 38.1 Å². The third-order valence-corrected chi connectivity index (χ3v) is 8.13. The van der Waals surface area contributed by atoms with Crippen LogP contribution >= 0.6 is 0 Å². The highest BCUT2D eigenvalue weighted by molar-refractivity contribution is 6.06. The zero-order chi connectivity index (χ0) is 28.0. The summed E-state index contributed by atoms with van der Waals surface area (Å²) in [4.78, 5) is 40.5. The summed E-state index contributed by atoms with van der Waals surface area (Å²) in [6.07, 6.45) is 3.59. The quantitative estimate of drug-likeness (QED) is 0.513. The van der Waals surface area contributed by atoms with Gasteiger partial charge in [0.1, 0.15) is 23.6 Å². The minimum atomic E-state index is -0.987. The van der Waals surface area contributed by atoms with Crippen LogP contribution in [0.15, 0.2) is 42.7 Å². The Morgan fingerprint density at radius 3 is 2.60 bits per heavy atom. The van der Waals surface area contributed by atoms with E-state index < -0.39 is 11.6 Å². The van der Waals surface area contributed by atoms with Crippen LogP contribution in [-0.4, -0.2) is 66.1 Å². The van der Waals surface area contributed by atoms with E-state index in [2.05, 4.69) is 20.2 Å². The molecular weight excluding hydrogens is 518 g/mol. The van der Waals surface area contributed by atoms with Gasteiger partial charge in [0.2, 0.25) is 0 Å². The first kappa shape index (κ1) is 26.0. The van der Waals surface area contributed by atoms with E-state index in [0.717, 1.165) is 48.4 Å². The lowest BCUT2D eigenvalue weighted by atomic mass is 10.0. The number of benzene rings is 2. The first-order chi connectivity index (χ1) is 19.3. The van der Waals surface area contributed by atoms with Gasteiger partial charge >= 0.3 is 6.03 Å². The van der Waals surface area contributed by atoms with Crippen LogP contribution in [0.2, 0.25) is 0 Å². The fourth-order valence-corrected chi connectivity index (χ4v) is 5.93. The highest BCUT2D eigenvalue weighted by atomic mass is 19.2. The second kappa shape index (κ2) is 10.4. The number of carbonyl (C=O) groups is 2. The number of fused-ring (bicyclic) bond motifs is 2. The lowest BCUT2D eigenvalue weighted by molar-refractivity contribution is 0.0983. The van der Waals surface area contributed by atoms with E-state index in [-0.39, 0.29) is 29.6 Å². The van der Waals surface area contributed by atoms with Crippen LogP contribution in [-0.2, 0) is 6.42 Å². The second-order valence-corrected chi connectivity index (χ2v) is 10.5. The largest absolute Gasteiger partial charge is 0.497 e. The van der Waals surface area contributed by atoms with E-state index in [1.807, 2.05) is 30.0 Å². The maximum atomic E-state index is 14.0. The Kier molecular flexibility index (Phi) is 6.73. The van der Waals surface area contributed by atoms with Crippen molar-refractivity contribution in [1.82, 2.24) is 14.9 Å². The van der Waals surface area contributed by atoms with Crippen LogP contribution in [0.3, 0.4) is 0 Å². The molecule has 0 aliphatic carbocycles. The zero-order valence-corrected chi connectivity index (χ0v) is 22.4. The van der Waals surface area contributed by atoms with E-state index in [1.54, 1.807) is 13.2 Å². The van der Waals surface area contributed by atoms with E-state index in [1.165, 1.54) is 11.2 Å². The number of aromatic nitrogens is 2. The van der Waals surface area contributed by atoms with Gasteiger partial charge in [-0.2, -0.15) is 0 Å². The van der Waals surface area contributed by atoms with Crippen molar-refractivity contribution in [3.8, 4) is 5.75 Å². The van der Waals surface area contributed by atoms with Gasteiger partial charge in [0.05, 0.1) is 12.8 Å². The molecule has 1 unspecified atom stereocenters. The van der Waals surface area contributed by atoms with Gasteiger partial charge in [-0.1, -0.05) is 6.92 Å². The molecule has 1 saturated heterocycles. The normalized spacial score (nSPS) is 19.1. The van der Waals surface area contributed by atoms with E-state index >= 15 is 0 Å². The Hall–Kier alpha value is -4.28. The molecule has 1 N–H and O–H groups in total. The molecule has 1 aromatic heterocycles. The summed E-state index contributed by atoms with van der Waals surface area (Å²) < 4.78 is 33.1. The van der Waals surface area contributed by atoms with Crippen LogP contribution in [0.5, 0.6) is 5.75 Å². The summed E-state index contributed by atoms with van der Waals surface area (Å²) in [5.41, 5.74) is 3.02. The summed E-state index contributed by atoms with van der Waals surface area (Å²) in [6, 6.07) is 9.55. The maximum Gasteiger partial charge on any atom is 0.322 e. The molecule has 3 aliphatic rings. The average molecular weight is 549 g/mol. The van der Waals surface area contributed by atoms with Gasteiger partial charge in [0.15, 0.2) is 11.6 Å². The first-order valence-corrected chi connectivity index (χ1v) is 13.4. The Labute approximate surface area is 230 Å². The van der Waals surface area contributed by atoms with E-state index in [0.29, 0.717) is 43.2 Å². The van der Waals surface area contributed by atoms with Crippen LogP contribution in [0.4, 0.5) is 30.8 Å². The number of carbonyl (C=O) groups excluding carboxylic acids is 2. The predicted octanol–water partition coefficient (Wildman–Crippen LogP) is 4.59.